The van der Waals surface area contributed by atoms with E-state index in [-0.39, 0.29) is 12.4 Å². The Hall–Kier alpha value is -4.32. The summed E-state index contributed by atoms with van der Waals surface area (Å²) < 4.78 is 24.8. The number of nitrogens with one attached hydrogen (secondary N) is 2. The topological polar surface area (TPSA) is 59.6 Å². The van der Waals surface area contributed by atoms with Crippen LogP contribution in [-0.2, 0) is 17.8 Å². The van der Waals surface area contributed by atoms with Crippen LogP contribution in [0.4, 0.5) is 14.9 Å². The van der Waals surface area contributed by atoms with E-state index < -0.39 is 6.09 Å². The molecule has 0 aliphatic heterocycles. The van der Waals surface area contributed by atoms with Crippen molar-refractivity contribution in [1.82, 2.24) is 5.43 Å². The molecule has 1 amide bonds. The van der Waals surface area contributed by atoms with Gasteiger partial charge >= 0.3 is 6.09 Å². The molecule has 4 rings (SSSR count). The minimum atomic E-state index is -0.555. The summed E-state index contributed by atoms with van der Waals surface area (Å²) in [4.78, 5) is 11.9. The monoisotopic (exact) mass is 470 g/mol. The molecular formula is C29H27FN2O3. The second-order valence-corrected chi connectivity index (χ2v) is 8.17. The number of methoxy groups -OCH3 is 1. The van der Waals surface area contributed by atoms with E-state index in [9.17, 15) is 9.18 Å². The highest BCUT2D eigenvalue weighted by Crippen LogP contribution is 2.29. The van der Waals surface area contributed by atoms with Gasteiger partial charge in [-0.15, -0.1) is 0 Å². The van der Waals surface area contributed by atoms with Crippen LogP contribution >= 0.6 is 0 Å². The van der Waals surface area contributed by atoms with E-state index in [1.54, 1.807) is 19.2 Å². The third-order valence-electron chi connectivity index (χ3n) is 5.70. The fourth-order valence-electron chi connectivity index (χ4n) is 3.72. The van der Waals surface area contributed by atoms with Gasteiger partial charge in [-0.1, -0.05) is 60.7 Å². The van der Waals surface area contributed by atoms with Gasteiger partial charge in [-0.3, -0.25) is 5.43 Å². The SMILES string of the molecule is COc1ccc(F)c(-c2ccc(Cc3ccc(NNC(=O)OCc4ccccc4)cc3)c(C)c2)c1. The molecule has 0 bridgehead atoms. The summed E-state index contributed by atoms with van der Waals surface area (Å²) in [6, 6.07) is 28.0. The molecule has 0 saturated heterocycles. The first kappa shape index (κ1) is 23.8. The Kier molecular flexibility index (Phi) is 7.63. The lowest BCUT2D eigenvalue weighted by Gasteiger charge is -2.12. The second kappa shape index (κ2) is 11.2. The molecule has 5 nitrogen and oxygen atoms in total. The third-order valence-corrected chi connectivity index (χ3v) is 5.70. The van der Waals surface area contributed by atoms with Crippen molar-refractivity contribution < 1.29 is 18.7 Å². The van der Waals surface area contributed by atoms with E-state index in [0.717, 1.165) is 39.9 Å². The Morgan fingerprint density at radius 2 is 1.66 bits per heavy atom. The lowest BCUT2D eigenvalue weighted by atomic mass is 9.95. The van der Waals surface area contributed by atoms with Gasteiger partial charge in [-0.2, -0.15) is 0 Å². The summed E-state index contributed by atoms with van der Waals surface area (Å²) in [6.07, 6.45) is 0.181. The number of hydrazine groups is 1. The molecule has 0 heterocycles. The summed E-state index contributed by atoms with van der Waals surface area (Å²) in [7, 11) is 1.57. The van der Waals surface area contributed by atoms with Crippen LogP contribution in [0.2, 0.25) is 0 Å². The van der Waals surface area contributed by atoms with Crippen molar-refractivity contribution in [3.63, 3.8) is 0 Å². The average molecular weight is 471 g/mol. The number of hydrogen-bond acceptors (Lipinski definition) is 4. The van der Waals surface area contributed by atoms with Crippen LogP contribution in [0.1, 0.15) is 22.3 Å². The molecule has 0 aromatic heterocycles. The molecular weight excluding hydrogens is 443 g/mol. The smallest absolute Gasteiger partial charge is 0.426 e. The average Bonchev–Trinajstić information content (AvgIpc) is 2.89. The maximum atomic E-state index is 14.3. The molecule has 4 aromatic carbocycles. The lowest BCUT2D eigenvalue weighted by molar-refractivity contribution is 0.142. The van der Waals surface area contributed by atoms with Crippen molar-refractivity contribution in [3.05, 3.63) is 119 Å². The van der Waals surface area contributed by atoms with Crippen molar-refractivity contribution in [3.8, 4) is 16.9 Å². The molecule has 0 spiro atoms. The van der Waals surface area contributed by atoms with Gasteiger partial charge in [0.1, 0.15) is 18.2 Å². The standard InChI is InChI=1S/C29H27FN2O3/c1-20-16-24(27-18-26(34-2)14-15-28(27)30)11-10-23(20)17-21-8-12-25(13-9-21)31-32-29(33)35-19-22-6-4-3-5-7-22/h3-16,18,31H,17,19H2,1-2H3,(H,32,33). The summed E-state index contributed by atoms with van der Waals surface area (Å²) in [5.41, 5.74) is 11.7. The Morgan fingerprint density at radius 3 is 2.37 bits per heavy atom. The second-order valence-electron chi connectivity index (χ2n) is 8.17. The Labute approximate surface area is 204 Å². The van der Waals surface area contributed by atoms with E-state index in [4.69, 9.17) is 9.47 Å². The Bertz CT molecular complexity index is 1290. The van der Waals surface area contributed by atoms with Crippen LogP contribution in [0.5, 0.6) is 5.75 Å². The molecule has 0 saturated carbocycles. The van der Waals surface area contributed by atoms with Gasteiger partial charge in [0, 0.05) is 5.56 Å². The molecule has 0 atom stereocenters. The van der Waals surface area contributed by atoms with Crippen molar-refractivity contribution in [2.75, 3.05) is 12.5 Å². The molecule has 0 fully saturated rings. The van der Waals surface area contributed by atoms with Gasteiger partial charge in [0.15, 0.2) is 0 Å². The first-order valence-electron chi connectivity index (χ1n) is 11.3. The van der Waals surface area contributed by atoms with Gasteiger partial charge < -0.3 is 9.47 Å². The highest BCUT2D eigenvalue weighted by atomic mass is 19.1. The van der Waals surface area contributed by atoms with Gasteiger partial charge in [0.2, 0.25) is 0 Å². The minimum absolute atomic E-state index is 0.204. The number of carbonyl (C=O) groups is 1. The Balaban J connectivity index is 1.33. The van der Waals surface area contributed by atoms with Gasteiger partial charge in [-0.25, -0.2) is 14.6 Å². The minimum Gasteiger partial charge on any atom is -0.497 e. The lowest BCUT2D eigenvalue weighted by Crippen LogP contribution is -2.29. The Morgan fingerprint density at radius 1 is 0.886 bits per heavy atom. The van der Waals surface area contributed by atoms with Crippen LogP contribution in [0, 0.1) is 12.7 Å². The predicted octanol–water partition coefficient (Wildman–Crippen LogP) is 6.65. The van der Waals surface area contributed by atoms with E-state index in [1.807, 2.05) is 79.7 Å². The van der Waals surface area contributed by atoms with Crippen molar-refractivity contribution in [2.45, 2.75) is 20.0 Å². The zero-order valence-corrected chi connectivity index (χ0v) is 19.7. The van der Waals surface area contributed by atoms with Crippen LogP contribution in [0.15, 0.2) is 91.0 Å². The van der Waals surface area contributed by atoms with E-state index >= 15 is 0 Å². The number of anilines is 1. The fourth-order valence-corrected chi connectivity index (χ4v) is 3.72. The number of carbonyl (C=O) groups excluding carboxylic acids is 1. The van der Waals surface area contributed by atoms with E-state index in [2.05, 4.69) is 10.9 Å². The largest absolute Gasteiger partial charge is 0.497 e. The first-order chi connectivity index (χ1) is 17.0. The molecule has 0 aliphatic rings. The normalized spacial score (nSPS) is 10.5. The summed E-state index contributed by atoms with van der Waals surface area (Å²) >= 11 is 0. The molecule has 6 heteroatoms. The summed E-state index contributed by atoms with van der Waals surface area (Å²) in [5.74, 6) is 0.342. The van der Waals surface area contributed by atoms with Crippen LogP contribution in [0.25, 0.3) is 11.1 Å². The van der Waals surface area contributed by atoms with Gasteiger partial charge in [-0.05, 0) is 71.5 Å². The van der Waals surface area contributed by atoms with Crippen LogP contribution in [0.3, 0.4) is 0 Å². The molecule has 0 aliphatic carbocycles. The number of ether oxygens (including phenoxy) is 2. The first-order valence-corrected chi connectivity index (χ1v) is 11.3. The van der Waals surface area contributed by atoms with Crippen LogP contribution in [-0.4, -0.2) is 13.2 Å². The zero-order valence-electron chi connectivity index (χ0n) is 19.7. The molecule has 35 heavy (non-hydrogen) atoms. The third kappa shape index (κ3) is 6.38. The van der Waals surface area contributed by atoms with Crippen LogP contribution < -0.4 is 15.6 Å². The quantitative estimate of drug-likeness (QED) is 0.283. The predicted molar refractivity (Wildman–Crippen MR) is 136 cm³/mol. The van der Waals surface area contributed by atoms with E-state index in [1.165, 1.54) is 6.07 Å². The van der Waals surface area contributed by atoms with Gasteiger partial charge in [0.25, 0.3) is 0 Å². The molecule has 0 unspecified atom stereocenters. The maximum absolute atomic E-state index is 14.3. The van der Waals surface area contributed by atoms with E-state index in [0.29, 0.717) is 11.3 Å². The summed E-state index contributed by atoms with van der Waals surface area (Å²) in [5, 5.41) is 0. The number of amides is 1. The molecule has 178 valence electrons. The highest BCUT2D eigenvalue weighted by molar-refractivity contribution is 5.69. The number of hydrogen-bond donors (Lipinski definition) is 2. The maximum Gasteiger partial charge on any atom is 0.426 e. The van der Waals surface area contributed by atoms with Crippen molar-refractivity contribution >= 4 is 11.8 Å². The molecule has 0 radical (unpaired) electrons. The zero-order chi connectivity index (χ0) is 24.6. The van der Waals surface area contributed by atoms with Crippen molar-refractivity contribution in [1.29, 1.82) is 0 Å². The molecule has 2 N–H and O–H groups in total. The van der Waals surface area contributed by atoms with Gasteiger partial charge in [0.05, 0.1) is 12.8 Å². The number of aryl methyl sites for hydroxylation is 1. The van der Waals surface area contributed by atoms with Crippen molar-refractivity contribution in [2.24, 2.45) is 0 Å². The number of rotatable bonds is 8. The fraction of sp³-hybridized carbons (Fsp3) is 0.138. The highest BCUT2D eigenvalue weighted by Gasteiger charge is 2.09. The summed E-state index contributed by atoms with van der Waals surface area (Å²) in [6.45, 7) is 2.23. The number of halogens is 1. The molecule has 4 aromatic rings. The number of benzene rings is 4.